The van der Waals surface area contributed by atoms with Crippen LogP contribution in [0.15, 0.2) is 0 Å². The van der Waals surface area contributed by atoms with Crippen LogP contribution in [-0.2, 0) is 0 Å². The molecule has 0 spiro atoms. The maximum atomic E-state index is 8.65. The summed E-state index contributed by atoms with van der Waals surface area (Å²) < 4.78 is 0. The van der Waals surface area contributed by atoms with Crippen LogP contribution in [-0.4, -0.2) is 24.6 Å². The third-order valence-corrected chi connectivity index (χ3v) is 2.68. The minimum atomic E-state index is 0.0561. The number of nitrogens with zero attached hydrogens (tertiary/aromatic N) is 1. The topological polar surface area (TPSA) is 35.8 Å². The number of hydrogen-bond donors (Lipinski definition) is 1. The van der Waals surface area contributed by atoms with E-state index < -0.39 is 0 Å². The van der Waals surface area contributed by atoms with Gasteiger partial charge in [-0.15, -0.1) is 0 Å². The van der Waals surface area contributed by atoms with Crippen LogP contribution >= 0.6 is 11.8 Å². The number of nitriles is 1. The van der Waals surface area contributed by atoms with Gasteiger partial charge in [0.25, 0.3) is 0 Å². The number of unbranched alkanes of at least 4 members (excludes halogenated alkanes) is 2. The molecule has 0 aromatic rings. The van der Waals surface area contributed by atoms with E-state index in [2.05, 4.69) is 17.6 Å². The predicted octanol–water partition coefficient (Wildman–Crippen LogP) is 2.41. The zero-order valence-electron chi connectivity index (χ0n) is 8.68. The number of hydrogen-bond acceptors (Lipinski definition) is 3. The lowest BCUT2D eigenvalue weighted by molar-refractivity contribution is 0.556. The second-order valence-electron chi connectivity index (χ2n) is 3.10. The molecule has 0 aromatic heterocycles. The van der Waals surface area contributed by atoms with E-state index in [1.807, 2.05) is 18.7 Å². The lowest BCUT2D eigenvalue weighted by Gasteiger charge is -2.07. The average Bonchev–Trinajstić information content (AvgIpc) is 2.17. The summed E-state index contributed by atoms with van der Waals surface area (Å²) in [6, 6.07) is 2.29. The van der Waals surface area contributed by atoms with E-state index in [0.717, 1.165) is 13.0 Å². The Hall–Kier alpha value is -0.200. The molecule has 0 aromatic carbocycles. The normalized spacial score (nSPS) is 12.4. The molecular weight excluding hydrogens is 180 g/mol. The highest BCUT2D eigenvalue weighted by molar-refractivity contribution is 7.98. The van der Waals surface area contributed by atoms with Crippen LogP contribution in [0.5, 0.6) is 0 Å². The number of nitrogens with one attached hydrogen (secondary N) is 1. The average molecular weight is 200 g/mol. The lowest BCUT2D eigenvalue weighted by Crippen LogP contribution is -2.27. The molecule has 0 saturated heterocycles. The van der Waals surface area contributed by atoms with Crippen LogP contribution in [0.4, 0.5) is 0 Å². The first-order valence-corrected chi connectivity index (χ1v) is 6.36. The Balaban J connectivity index is 3.11. The zero-order valence-corrected chi connectivity index (χ0v) is 9.49. The van der Waals surface area contributed by atoms with Gasteiger partial charge in [-0.25, -0.2) is 0 Å². The van der Waals surface area contributed by atoms with Gasteiger partial charge >= 0.3 is 0 Å². The summed E-state index contributed by atoms with van der Waals surface area (Å²) in [5.74, 6) is 1.26. The Morgan fingerprint density at radius 1 is 1.38 bits per heavy atom. The fourth-order valence-electron chi connectivity index (χ4n) is 1.11. The highest BCUT2D eigenvalue weighted by Gasteiger charge is 2.00. The molecule has 13 heavy (non-hydrogen) atoms. The molecule has 76 valence electrons. The summed E-state index contributed by atoms with van der Waals surface area (Å²) in [5, 5.41) is 11.9. The molecule has 0 rings (SSSR count). The Morgan fingerprint density at radius 3 is 2.69 bits per heavy atom. The van der Waals surface area contributed by atoms with Crippen molar-refractivity contribution in [2.75, 3.05) is 18.6 Å². The Morgan fingerprint density at radius 2 is 2.15 bits per heavy atom. The highest BCUT2D eigenvalue weighted by Crippen LogP contribution is 2.01. The molecule has 0 radical (unpaired) electrons. The van der Waals surface area contributed by atoms with Gasteiger partial charge in [-0.05, 0) is 37.8 Å². The fraction of sp³-hybridized carbons (Fsp3) is 0.900. The van der Waals surface area contributed by atoms with E-state index in [4.69, 9.17) is 5.26 Å². The van der Waals surface area contributed by atoms with Crippen molar-refractivity contribution in [3.05, 3.63) is 0 Å². The Labute approximate surface area is 86.1 Å². The van der Waals surface area contributed by atoms with E-state index in [9.17, 15) is 0 Å². The predicted molar refractivity (Wildman–Crippen MR) is 59.9 cm³/mol. The fourth-order valence-corrected chi connectivity index (χ4v) is 1.60. The van der Waals surface area contributed by atoms with Gasteiger partial charge in [-0.2, -0.15) is 17.0 Å². The first-order chi connectivity index (χ1) is 6.35. The summed E-state index contributed by atoms with van der Waals surface area (Å²) in [6.07, 6.45) is 6.81. The van der Waals surface area contributed by atoms with E-state index in [-0.39, 0.29) is 6.04 Å². The number of rotatable bonds is 8. The SMILES string of the molecule is CCC(C#N)NCCCCCSC. The molecule has 0 aliphatic carbocycles. The quantitative estimate of drug-likeness (QED) is 0.611. The standard InChI is InChI=1S/C10H20N2S/c1-3-10(9-11)12-7-5-4-6-8-13-2/h10,12H,3-8H2,1-2H3. The van der Waals surface area contributed by atoms with Crippen LogP contribution in [0.1, 0.15) is 32.6 Å². The van der Waals surface area contributed by atoms with E-state index in [1.165, 1.54) is 25.0 Å². The van der Waals surface area contributed by atoms with Crippen molar-refractivity contribution in [1.29, 1.82) is 5.26 Å². The van der Waals surface area contributed by atoms with Crippen molar-refractivity contribution in [3.63, 3.8) is 0 Å². The summed E-state index contributed by atoms with van der Waals surface area (Å²) in [6.45, 7) is 3.02. The smallest absolute Gasteiger partial charge is 0.0950 e. The van der Waals surface area contributed by atoms with Gasteiger partial charge in [0.05, 0.1) is 12.1 Å². The second kappa shape index (κ2) is 9.88. The van der Waals surface area contributed by atoms with Gasteiger partial charge in [-0.3, -0.25) is 0 Å². The van der Waals surface area contributed by atoms with Crippen molar-refractivity contribution in [3.8, 4) is 6.07 Å². The molecule has 1 N–H and O–H groups in total. The minimum absolute atomic E-state index is 0.0561. The van der Waals surface area contributed by atoms with E-state index in [0.29, 0.717) is 0 Å². The zero-order chi connectivity index (χ0) is 9.94. The van der Waals surface area contributed by atoms with Gasteiger partial charge in [0, 0.05) is 0 Å². The van der Waals surface area contributed by atoms with Crippen molar-refractivity contribution in [2.45, 2.75) is 38.6 Å². The van der Waals surface area contributed by atoms with Gasteiger partial charge in [0.15, 0.2) is 0 Å². The molecule has 0 bridgehead atoms. The molecule has 0 aliphatic heterocycles. The van der Waals surface area contributed by atoms with Crippen LogP contribution in [0, 0.1) is 11.3 Å². The molecule has 0 saturated carbocycles. The third-order valence-electron chi connectivity index (χ3n) is 1.98. The molecule has 0 fully saturated rings. The molecule has 0 aliphatic rings. The largest absolute Gasteiger partial charge is 0.302 e. The summed E-state index contributed by atoms with van der Waals surface area (Å²) in [5.41, 5.74) is 0. The first kappa shape index (κ1) is 12.8. The monoisotopic (exact) mass is 200 g/mol. The molecule has 1 atom stereocenters. The molecule has 3 heteroatoms. The van der Waals surface area contributed by atoms with Crippen molar-refractivity contribution in [1.82, 2.24) is 5.32 Å². The van der Waals surface area contributed by atoms with E-state index >= 15 is 0 Å². The minimum Gasteiger partial charge on any atom is -0.302 e. The third kappa shape index (κ3) is 8.14. The van der Waals surface area contributed by atoms with Gasteiger partial charge in [0.1, 0.15) is 0 Å². The summed E-state index contributed by atoms with van der Waals surface area (Å²) in [7, 11) is 0. The molecule has 1 unspecified atom stereocenters. The molecular formula is C10H20N2S. The van der Waals surface area contributed by atoms with Crippen molar-refractivity contribution >= 4 is 11.8 Å². The van der Waals surface area contributed by atoms with Crippen molar-refractivity contribution < 1.29 is 0 Å². The van der Waals surface area contributed by atoms with Gasteiger partial charge in [-0.1, -0.05) is 13.3 Å². The summed E-state index contributed by atoms with van der Waals surface area (Å²) in [4.78, 5) is 0. The van der Waals surface area contributed by atoms with Gasteiger partial charge < -0.3 is 5.32 Å². The van der Waals surface area contributed by atoms with Crippen LogP contribution in [0.2, 0.25) is 0 Å². The molecule has 0 heterocycles. The first-order valence-electron chi connectivity index (χ1n) is 4.97. The van der Waals surface area contributed by atoms with E-state index in [1.54, 1.807) is 0 Å². The van der Waals surface area contributed by atoms with Gasteiger partial charge in [0.2, 0.25) is 0 Å². The van der Waals surface area contributed by atoms with Crippen molar-refractivity contribution in [2.24, 2.45) is 0 Å². The van der Waals surface area contributed by atoms with Crippen LogP contribution in [0.25, 0.3) is 0 Å². The Bertz CT molecular complexity index is 142. The Kier molecular flexibility index (Phi) is 9.73. The molecule has 2 nitrogen and oxygen atoms in total. The van der Waals surface area contributed by atoms with Crippen LogP contribution in [0.3, 0.4) is 0 Å². The lowest BCUT2D eigenvalue weighted by atomic mass is 10.2. The molecule has 0 amide bonds. The highest BCUT2D eigenvalue weighted by atomic mass is 32.2. The second-order valence-corrected chi connectivity index (χ2v) is 4.08. The number of thioether (sulfide) groups is 1. The maximum absolute atomic E-state index is 8.65. The summed E-state index contributed by atoms with van der Waals surface area (Å²) >= 11 is 1.90. The van der Waals surface area contributed by atoms with Crippen LogP contribution < -0.4 is 5.32 Å². The maximum Gasteiger partial charge on any atom is 0.0950 e.